The monoisotopic (exact) mass is 278 g/mol. The Kier molecular flexibility index (Phi) is 2.91. The van der Waals surface area contributed by atoms with Gasteiger partial charge in [0.05, 0.1) is 6.67 Å². The molecule has 21 heavy (non-hydrogen) atoms. The van der Waals surface area contributed by atoms with Crippen LogP contribution in [0.25, 0.3) is 0 Å². The van der Waals surface area contributed by atoms with Crippen molar-refractivity contribution >= 4 is 11.4 Å². The second-order valence-electron chi connectivity index (χ2n) is 6.17. The molecule has 0 unspecified atom stereocenters. The molecule has 0 radical (unpaired) electrons. The molecule has 2 nitrogen and oxygen atoms in total. The minimum atomic E-state index is 1.02. The van der Waals surface area contributed by atoms with Gasteiger partial charge in [0.2, 0.25) is 0 Å². The Labute approximate surface area is 127 Å². The molecule has 0 fully saturated rings. The van der Waals surface area contributed by atoms with Crippen LogP contribution < -0.4 is 9.80 Å². The largest absolute Gasteiger partial charge is 0.349 e. The molecule has 0 saturated carbocycles. The summed E-state index contributed by atoms with van der Waals surface area (Å²) in [6.45, 7) is 7.56. The zero-order chi connectivity index (χ0) is 14.4. The molecule has 108 valence electrons. The van der Waals surface area contributed by atoms with Crippen LogP contribution in [0.15, 0.2) is 36.4 Å². The van der Waals surface area contributed by atoms with Gasteiger partial charge in [-0.05, 0) is 47.2 Å². The summed E-state index contributed by atoms with van der Waals surface area (Å²) in [6, 6.07) is 14.0. The topological polar surface area (TPSA) is 6.48 Å². The molecule has 0 amide bonds. The number of nitrogens with zero attached hydrogens (tertiary/aromatic N) is 2. The fourth-order valence-electron chi connectivity index (χ4n) is 3.63. The van der Waals surface area contributed by atoms with Gasteiger partial charge in [-0.15, -0.1) is 0 Å². The van der Waals surface area contributed by atoms with E-state index in [1.807, 2.05) is 0 Å². The molecular weight excluding hydrogens is 256 g/mol. The Morgan fingerprint density at radius 1 is 0.762 bits per heavy atom. The normalized spacial score (nSPS) is 15.7. The maximum atomic E-state index is 2.51. The Morgan fingerprint density at radius 3 is 1.67 bits per heavy atom. The zero-order valence-electron chi connectivity index (χ0n) is 12.9. The first-order chi connectivity index (χ1) is 10.3. The van der Waals surface area contributed by atoms with Gasteiger partial charge >= 0.3 is 0 Å². The first-order valence-corrected chi connectivity index (χ1v) is 8.02. The molecule has 2 aromatic rings. The SMILES string of the molecule is CCc1ccc2c(c1)CN1CN2Cc2cc(CC)ccc21. The molecule has 2 aliphatic rings. The average molecular weight is 278 g/mol. The number of rotatable bonds is 2. The van der Waals surface area contributed by atoms with E-state index in [0.29, 0.717) is 0 Å². The second-order valence-corrected chi connectivity index (χ2v) is 6.17. The van der Waals surface area contributed by atoms with Crippen molar-refractivity contribution in [2.24, 2.45) is 0 Å². The van der Waals surface area contributed by atoms with Crippen molar-refractivity contribution in [1.82, 2.24) is 0 Å². The van der Waals surface area contributed by atoms with Crippen LogP contribution in [0.2, 0.25) is 0 Å². The van der Waals surface area contributed by atoms with Gasteiger partial charge in [-0.2, -0.15) is 0 Å². The zero-order valence-corrected chi connectivity index (χ0v) is 12.9. The maximum Gasteiger partial charge on any atom is 0.0910 e. The van der Waals surface area contributed by atoms with Crippen LogP contribution in [-0.2, 0) is 25.9 Å². The minimum absolute atomic E-state index is 1.02. The van der Waals surface area contributed by atoms with E-state index < -0.39 is 0 Å². The smallest absolute Gasteiger partial charge is 0.0910 e. The second kappa shape index (κ2) is 4.80. The summed E-state index contributed by atoms with van der Waals surface area (Å²) in [7, 11) is 0. The number of anilines is 2. The molecule has 2 aromatic carbocycles. The Hall–Kier alpha value is -1.96. The van der Waals surface area contributed by atoms with E-state index >= 15 is 0 Å². The molecular formula is C19H22N2. The molecule has 0 atom stereocenters. The predicted octanol–water partition coefficient (Wildman–Crippen LogP) is 4.11. The fourth-order valence-corrected chi connectivity index (χ4v) is 3.63. The number of aryl methyl sites for hydroxylation is 2. The van der Waals surface area contributed by atoms with E-state index in [0.717, 1.165) is 32.6 Å². The van der Waals surface area contributed by atoms with Crippen LogP contribution in [0.4, 0.5) is 11.4 Å². The van der Waals surface area contributed by atoms with Gasteiger partial charge < -0.3 is 9.80 Å². The molecule has 2 heterocycles. The molecule has 2 aliphatic heterocycles. The summed E-state index contributed by atoms with van der Waals surface area (Å²) in [5.74, 6) is 0. The summed E-state index contributed by atoms with van der Waals surface area (Å²) in [5.41, 5.74) is 8.69. The highest BCUT2D eigenvalue weighted by atomic mass is 15.4. The lowest BCUT2D eigenvalue weighted by atomic mass is 9.98. The fraction of sp³-hybridized carbons (Fsp3) is 0.368. The van der Waals surface area contributed by atoms with Gasteiger partial charge in [0, 0.05) is 24.5 Å². The third-order valence-electron chi connectivity index (χ3n) is 4.85. The highest BCUT2D eigenvalue weighted by molar-refractivity contribution is 5.68. The quantitative estimate of drug-likeness (QED) is 0.815. The number of benzene rings is 2. The third kappa shape index (κ3) is 2.01. The molecule has 0 spiro atoms. The van der Waals surface area contributed by atoms with Crippen molar-refractivity contribution in [3.05, 3.63) is 58.7 Å². The highest BCUT2D eigenvalue weighted by Gasteiger charge is 2.29. The van der Waals surface area contributed by atoms with E-state index in [4.69, 9.17) is 0 Å². The standard InChI is InChI=1S/C19H22N2/c1-3-14-5-7-18-16(9-14)11-20-13-21(18)12-17-10-15(4-2)6-8-19(17)20/h5-10H,3-4,11-13H2,1-2H3. The van der Waals surface area contributed by atoms with Crippen LogP contribution in [0.3, 0.4) is 0 Å². The lowest BCUT2D eigenvalue weighted by Gasteiger charge is -2.45. The van der Waals surface area contributed by atoms with Gasteiger partial charge in [-0.3, -0.25) is 0 Å². The van der Waals surface area contributed by atoms with Crippen molar-refractivity contribution in [2.75, 3.05) is 16.5 Å². The van der Waals surface area contributed by atoms with Gasteiger partial charge in [0.15, 0.2) is 0 Å². The van der Waals surface area contributed by atoms with E-state index in [1.54, 1.807) is 0 Å². The Bertz CT molecular complexity index is 630. The average Bonchev–Trinajstić information content (AvgIpc) is 2.53. The van der Waals surface area contributed by atoms with Gasteiger partial charge in [0.25, 0.3) is 0 Å². The van der Waals surface area contributed by atoms with Crippen LogP contribution in [-0.4, -0.2) is 6.67 Å². The molecule has 2 heteroatoms. The molecule has 0 N–H and O–H groups in total. The molecule has 4 rings (SSSR count). The number of hydrogen-bond acceptors (Lipinski definition) is 2. The minimum Gasteiger partial charge on any atom is -0.349 e. The summed E-state index contributed by atoms with van der Waals surface area (Å²) in [6.07, 6.45) is 2.23. The van der Waals surface area contributed by atoms with Crippen molar-refractivity contribution in [3.63, 3.8) is 0 Å². The van der Waals surface area contributed by atoms with Crippen LogP contribution >= 0.6 is 0 Å². The predicted molar refractivity (Wildman–Crippen MR) is 88.9 cm³/mol. The van der Waals surface area contributed by atoms with Crippen molar-refractivity contribution < 1.29 is 0 Å². The summed E-state index contributed by atoms with van der Waals surface area (Å²) >= 11 is 0. The van der Waals surface area contributed by atoms with Crippen molar-refractivity contribution in [2.45, 2.75) is 39.8 Å². The van der Waals surface area contributed by atoms with Crippen LogP contribution in [0.5, 0.6) is 0 Å². The molecule has 2 bridgehead atoms. The van der Waals surface area contributed by atoms with E-state index in [2.05, 4.69) is 60.0 Å². The van der Waals surface area contributed by atoms with Crippen molar-refractivity contribution in [1.29, 1.82) is 0 Å². The summed E-state index contributed by atoms with van der Waals surface area (Å²) < 4.78 is 0. The summed E-state index contributed by atoms with van der Waals surface area (Å²) in [4.78, 5) is 5.03. The Morgan fingerprint density at radius 2 is 1.24 bits per heavy atom. The molecule has 0 aliphatic carbocycles. The molecule has 0 aromatic heterocycles. The number of fused-ring (bicyclic) bond motifs is 6. The van der Waals surface area contributed by atoms with Gasteiger partial charge in [-0.25, -0.2) is 0 Å². The van der Waals surface area contributed by atoms with Crippen LogP contribution in [0.1, 0.15) is 36.1 Å². The highest BCUT2D eigenvalue weighted by Crippen LogP contribution is 2.38. The summed E-state index contributed by atoms with van der Waals surface area (Å²) in [5, 5.41) is 0. The number of hydrogen-bond donors (Lipinski definition) is 0. The third-order valence-corrected chi connectivity index (χ3v) is 4.85. The Balaban J connectivity index is 1.76. The lowest BCUT2D eigenvalue weighted by Crippen LogP contribution is -2.46. The van der Waals surface area contributed by atoms with Gasteiger partial charge in [0.1, 0.15) is 0 Å². The first-order valence-electron chi connectivity index (χ1n) is 8.02. The van der Waals surface area contributed by atoms with E-state index in [1.165, 1.54) is 33.6 Å². The van der Waals surface area contributed by atoms with E-state index in [-0.39, 0.29) is 0 Å². The van der Waals surface area contributed by atoms with Crippen molar-refractivity contribution in [3.8, 4) is 0 Å². The maximum absolute atomic E-state index is 2.51. The van der Waals surface area contributed by atoms with Gasteiger partial charge in [-0.1, -0.05) is 38.1 Å². The van der Waals surface area contributed by atoms with Crippen LogP contribution in [0, 0.1) is 0 Å². The lowest BCUT2D eigenvalue weighted by molar-refractivity contribution is 0.649. The molecule has 0 saturated heterocycles. The van der Waals surface area contributed by atoms with E-state index in [9.17, 15) is 0 Å². The first kappa shape index (κ1) is 12.8.